The van der Waals surface area contributed by atoms with Gasteiger partial charge in [-0.05, 0) is 57.0 Å². The fourth-order valence-electron chi connectivity index (χ4n) is 2.99. The highest BCUT2D eigenvalue weighted by molar-refractivity contribution is 5.89. The van der Waals surface area contributed by atoms with E-state index in [0.717, 1.165) is 35.7 Å². The number of carbonyl (C=O) groups is 1. The van der Waals surface area contributed by atoms with Crippen molar-refractivity contribution in [2.45, 2.75) is 32.8 Å². The maximum Gasteiger partial charge on any atom is 0.321 e. The van der Waals surface area contributed by atoms with Gasteiger partial charge in [0, 0.05) is 23.6 Å². The Morgan fingerprint density at radius 2 is 1.88 bits per heavy atom. The average Bonchev–Trinajstić information content (AvgIpc) is 2.61. The molecule has 1 aromatic heterocycles. The summed E-state index contributed by atoms with van der Waals surface area (Å²) in [6.07, 6.45) is 1.65. The number of hydrogen-bond acceptors (Lipinski definition) is 5. The Morgan fingerprint density at radius 3 is 2.54 bits per heavy atom. The number of aryl methyl sites for hydroxylation is 2. The Bertz CT molecular complexity index is 744. The van der Waals surface area contributed by atoms with Gasteiger partial charge in [-0.25, -0.2) is 14.8 Å². The third-order valence-corrected chi connectivity index (χ3v) is 4.24. The van der Waals surface area contributed by atoms with Gasteiger partial charge in [-0.2, -0.15) is 0 Å². The van der Waals surface area contributed by atoms with Crippen molar-refractivity contribution in [3.8, 4) is 11.8 Å². The summed E-state index contributed by atoms with van der Waals surface area (Å²) in [4.78, 5) is 22.9. The number of rotatable bonds is 4. The van der Waals surface area contributed by atoms with Gasteiger partial charge < -0.3 is 19.7 Å². The van der Waals surface area contributed by atoms with Crippen LogP contribution in [0.15, 0.2) is 30.3 Å². The Labute approximate surface area is 153 Å². The van der Waals surface area contributed by atoms with E-state index in [2.05, 4.69) is 15.3 Å². The van der Waals surface area contributed by atoms with Crippen molar-refractivity contribution in [3.63, 3.8) is 0 Å². The second-order valence-electron chi connectivity index (χ2n) is 6.42. The van der Waals surface area contributed by atoms with Crippen LogP contribution in [0.2, 0.25) is 0 Å². The molecule has 138 valence electrons. The third kappa shape index (κ3) is 4.62. The van der Waals surface area contributed by atoms with E-state index in [9.17, 15) is 4.79 Å². The van der Waals surface area contributed by atoms with Gasteiger partial charge in [-0.3, -0.25) is 0 Å². The molecule has 2 amide bonds. The van der Waals surface area contributed by atoms with Crippen LogP contribution in [0.4, 0.5) is 10.5 Å². The number of methoxy groups -OCH3 is 1. The van der Waals surface area contributed by atoms with E-state index in [-0.39, 0.29) is 12.1 Å². The highest BCUT2D eigenvalue weighted by Crippen LogP contribution is 2.19. The number of aromatic nitrogens is 2. The van der Waals surface area contributed by atoms with E-state index in [0.29, 0.717) is 19.1 Å². The molecule has 3 rings (SSSR count). The summed E-state index contributed by atoms with van der Waals surface area (Å²) in [6.45, 7) is 5.04. The van der Waals surface area contributed by atoms with E-state index in [1.165, 1.54) is 0 Å². The summed E-state index contributed by atoms with van der Waals surface area (Å²) in [5.41, 5.74) is 2.48. The highest BCUT2D eigenvalue weighted by Gasteiger charge is 2.25. The number of ether oxygens (including phenoxy) is 2. The molecule has 1 atom stereocenters. The normalized spacial score (nSPS) is 16.9. The monoisotopic (exact) mass is 356 g/mol. The van der Waals surface area contributed by atoms with Crippen LogP contribution in [-0.4, -0.2) is 47.2 Å². The Morgan fingerprint density at radius 1 is 1.19 bits per heavy atom. The molecule has 7 heteroatoms. The summed E-state index contributed by atoms with van der Waals surface area (Å²) < 4.78 is 11.0. The van der Waals surface area contributed by atoms with Crippen molar-refractivity contribution in [2.24, 2.45) is 0 Å². The Kier molecular flexibility index (Phi) is 5.55. The molecule has 7 nitrogen and oxygen atoms in total. The van der Waals surface area contributed by atoms with Crippen molar-refractivity contribution < 1.29 is 14.3 Å². The van der Waals surface area contributed by atoms with E-state index in [1.54, 1.807) is 12.0 Å². The number of piperidine rings is 1. The number of urea groups is 1. The molecule has 1 fully saturated rings. The molecule has 1 aromatic carbocycles. The number of hydrogen-bond donors (Lipinski definition) is 1. The number of amides is 2. The fraction of sp³-hybridized carbons (Fsp3) is 0.421. The number of benzene rings is 1. The predicted octanol–water partition coefficient (Wildman–Crippen LogP) is 3.18. The van der Waals surface area contributed by atoms with Crippen LogP contribution in [-0.2, 0) is 0 Å². The lowest BCUT2D eigenvalue weighted by molar-refractivity contribution is 0.0980. The molecular weight excluding hydrogens is 332 g/mol. The van der Waals surface area contributed by atoms with Crippen molar-refractivity contribution in [2.75, 3.05) is 25.5 Å². The van der Waals surface area contributed by atoms with Crippen LogP contribution in [0.3, 0.4) is 0 Å². The first-order chi connectivity index (χ1) is 12.5. The predicted molar refractivity (Wildman–Crippen MR) is 98.7 cm³/mol. The lowest BCUT2D eigenvalue weighted by atomic mass is 10.1. The van der Waals surface area contributed by atoms with E-state index < -0.39 is 0 Å². The van der Waals surface area contributed by atoms with Gasteiger partial charge in [0.05, 0.1) is 13.7 Å². The molecule has 1 unspecified atom stereocenters. The summed E-state index contributed by atoms with van der Waals surface area (Å²) in [5.74, 6) is 0.753. The minimum atomic E-state index is -0.134. The Balaban J connectivity index is 1.59. The zero-order chi connectivity index (χ0) is 18.5. The molecule has 1 aliphatic heterocycles. The van der Waals surface area contributed by atoms with Crippen molar-refractivity contribution in [1.29, 1.82) is 0 Å². The van der Waals surface area contributed by atoms with E-state index in [1.807, 2.05) is 44.2 Å². The van der Waals surface area contributed by atoms with Gasteiger partial charge in [0.1, 0.15) is 11.9 Å². The smallest absolute Gasteiger partial charge is 0.321 e. The first kappa shape index (κ1) is 18.0. The number of likely N-dealkylation sites (tertiary alicyclic amines) is 1. The molecule has 2 aromatic rings. The molecule has 0 saturated carbocycles. The molecule has 1 aliphatic rings. The molecule has 0 aliphatic carbocycles. The largest absolute Gasteiger partial charge is 0.497 e. The van der Waals surface area contributed by atoms with Crippen LogP contribution >= 0.6 is 0 Å². The molecular formula is C19H24N4O3. The topological polar surface area (TPSA) is 76.6 Å². The van der Waals surface area contributed by atoms with Gasteiger partial charge in [0.2, 0.25) is 0 Å². The standard InChI is InChI=1S/C19H24N4O3/c1-13-11-14(2)21-18(20-13)26-17-5-4-10-23(12-17)19(24)22-15-6-8-16(25-3)9-7-15/h6-9,11,17H,4-5,10,12H2,1-3H3,(H,22,24). The summed E-state index contributed by atoms with van der Waals surface area (Å²) in [5, 5.41) is 2.91. The quantitative estimate of drug-likeness (QED) is 0.910. The first-order valence-electron chi connectivity index (χ1n) is 8.72. The minimum Gasteiger partial charge on any atom is -0.497 e. The molecule has 0 bridgehead atoms. The van der Waals surface area contributed by atoms with Crippen molar-refractivity contribution in [3.05, 3.63) is 41.7 Å². The van der Waals surface area contributed by atoms with Crippen molar-refractivity contribution >= 4 is 11.7 Å². The molecule has 0 radical (unpaired) electrons. The van der Waals surface area contributed by atoms with E-state index in [4.69, 9.17) is 9.47 Å². The van der Waals surface area contributed by atoms with E-state index >= 15 is 0 Å². The van der Waals surface area contributed by atoms with Gasteiger partial charge in [0.25, 0.3) is 0 Å². The highest BCUT2D eigenvalue weighted by atomic mass is 16.5. The minimum absolute atomic E-state index is 0.105. The van der Waals surface area contributed by atoms with Crippen LogP contribution in [0, 0.1) is 13.8 Å². The van der Waals surface area contributed by atoms with Gasteiger partial charge >= 0.3 is 12.0 Å². The zero-order valence-corrected chi connectivity index (χ0v) is 15.4. The van der Waals surface area contributed by atoms with Gasteiger partial charge in [0.15, 0.2) is 0 Å². The lowest BCUT2D eigenvalue weighted by Crippen LogP contribution is -2.46. The molecule has 0 spiro atoms. The molecule has 1 N–H and O–H groups in total. The van der Waals surface area contributed by atoms with Gasteiger partial charge in [-0.1, -0.05) is 0 Å². The fourth-order valence-corrected chi connectivity index (χ4v) is 2.99. The summed E-state index contributed by atoms with van der Waals surface area (Å²) >= 11 is 0. The second-order valence-corrected chi connectivity index (χ2v) is 6.42. The van der Waals surface area contributed by atoms with Crippen LogP contribution in [0.25, 0.3) is 0 Å². The van der Waals surface area contributed by atoms with Crippen LogP contribution < -0.4 is 14.8 Å². The zero-order valence-electron chi connectivity index (χ0n) is 15.4. The lowest BCUT2D eigenvalue weighted by Gasteiger charge is -2.32. The number of carbonyl (C=O) groups excluding carboxylic acids is 1. The Hall–Kier alpha value is -2.83. The van der Waals surface area contributed by atoms with Crippen LogP contribution in [0.1, 0.15) is 24.2 Å². The second kappa shape index (κ2) is 8.03. The maximum atomic E-state index is 12.5. The summed E-state index contributed by atoms with van der Waals surface area (Å²) in [7, 11) is 1.61. The van der Waals surface area contributed by atoms with Gasteiger partial charge in [-0.15, -0.1) is 0 Å². The molecule has 26 heavy (non-hydrogen) atoms. The summed E-state index contributed by atoms with van der Waals surface area (Å²) in [6, 6.07) is 9.41. The molecule has 2 heterocycles. The number of anilines is 1. The SMILES string of the molecule is COc1ccc(NC(=O)N2CCCC(Oc3nc(C)cc(C)n3)C2)cc1. The first-order valence-corrected chi connectivity index (χ1v) is 8.72. The average molecular weight is 356 g/mol. The number of nitrogens with zero attached hydrogens (tertiary/aromatic N) is 3. The number of nitrogens with one attached hydrogen (secondary N) is 1. The maximum absolute atomic E-state index is 12.5. The van der Waals surface area contributed by atoms with Crippen molar-refractivity contribution in [1.82, 2.24) is 14.9 Å². The third-order valence-electron chi connectivity index (χ3n) is 4.24. The van der Waals surface area contributed by atoms with Crippen LogP contribution in [0.5, 0.6) is 11.8 Å². The molecule has 1 saturated heterocycles.